The summed E-state index contributed by atoms with van der Waals surface area (Å²) in [4.78, 5) is 28.8. The lowest BCUT2D eigenvalue weighted by Gasteiger charge is -2.22. The fourth-order valence-electron chi connectivity index (χ4n) is 4.22. The van der Waals surface area contributed by atoms with E-state index in [0.717, 1.165) is 52.8 Å². The van der Waals surface area contributed by atoms with Gasteiger partial charge in [-0.25, -0.2) is 15.0 Å². The van der Waals surface area contributed by atoms with Gasteiger partial charge < -0.3 is 10.6 Å². The number of aryl methyl sites for hydroxylation is 1. The highest BCUT2D eigenvalue weighted by molar-refractivity contribution is 7.13. The lowest BCUT2D eigenvalue weighted by atomic mass is 9.98. The summed E-state index contributed by atoms with van der Waals surface area (Å²) in [6.07, 6.45) is 3.22. The van der Waals surface area contributed by atoms with Crippen molar-refractivity contribution >= 4 is 28.9 Å². The third-order valence-electron chi connectivity index (χ3n) is 6.36. The lowest BCUT2D eigenvalue weighted by molar-refractivity contribution is 0.0954. The molecular formula is C27H32N8OS. The van der Waals surface area contributed by atoms with Gasteiger partial charge in [0.05, 0.1) is 29.1 Å². The van der Waals surface area contributed by atoms with Crippen molar-refractivity contribution in [1.29, 1.82) is 0 Å². The second-order valence-corrected chi connectivity index (χ2v) is 11.5. The predicted molar refractivity (Wildman–Crippen MR) is 146 cm³/mol. The van der Waals surface area contributed by atoms with E-state index in [4.69, 9.17) is 0 Å². The molecule has 4 aromatic rings. The van der Waals surface area contributed by atoms with Crippen molar-refractivity contribution in [3.63, 3.8) is 0 Å². The fourth-order valence-corrected chi connectivity index (χ4v) is 5.11. The topological polar surface area (TPSA) is 101 Å². The van der Waals surface area contributed by atoms with Crippen LogP contribution >= 0.6 is 11.3 Å². The van der Waals surface area contributed by atoms with Crippen LogP contribution in [0, 0.1) is 6.92 Å². The van der Waals surface area contributed by atoms with Crippen molar-refractivity contribution in [1.82, 2.24) is 34.9 Å². The van der Waals surface area contributed by atoms with Gasteiger partial charge in [0.2, 0.25) is 0 Å². The van der Waals surface area contributed by atoms with Crippen LogP contribution in [-0.2, 0) is 25.0 Å². The number of nitrogens with zero attached hydrogens (tertiary/aromatic N) is 6. The highest BCUT2D eigenvalue weighted by Gasteiger charge is 2.20. The van der Waals surface area contributed by atoms with E-state index in [1.54, 1.807) is 12.5 Å². The number of nitrogens with one attached hydrogen (secondary N) is 2. The molecule has 1 aliphatic heterocycles. The molecule has 0 radical (unpaired) electrons. The summed E-state index contributed by atoms with van der Waals surface area (Å²) in [5.41, 5.74) is 5.06. The predicted octanol–water partition coefficient (Wildman–Crippen LogP) is 4.52. The van der Waals surface area contributed by atoms with Crippen molar-refractivity contribution < 1.29 is 4.79 Å². The molecule has 192 valence electrons. The Morgan fingerprint density at radius 3 is 2.68 bits per heavy atom. The monoisotopic (exact) mass is 516 g/mol. The van der Waals surface area contributed by atoms with Gasteiger partial charge in [-0.15, -0.1) is 11.3 Å². The number of likely N-dealkylation sites (N-methyl/N-ethyl adjacent to an activating group) is 1. The van der Waals surface area contributed by atoms with Crippen LogP contribution in [0.5, 0.6) is 0 Å². The van der Waals surface area contributed by atoms with Crippen LogP contribution in [0.2, 0.25) is 0 Å². The van der Waals surface area contributed by atoms with Gasteiger partial charge in [-0.2, -0.15) is 5.10 Å². The Hall–Kier alpha value is -3.63. The summed E-state index contributed by atoms with van der Waals surface area (Å²) < 4.78 is 2.05. The molecule has 37 heavy (non-hydrogen) atoms. The molecule has 1 aromatic carbocycles. The largest absolute Gasteiger partial charge is 0.347 e. The number of hydrogen-bond donors (Lipinski definition) is 2. The summed E-state index contributed by atoms with van der Waals surface area (Å²) in [5, 5.41) is 12.0. The minimum Gasteiger partial charge on any atom is -0.347 e. The third kappa shape index (κ3) is 5.70. The summed E-state index contributed by atoms with van der Waals surface area (Å²) in [6, 6.07) is 10.1. The number of anilines is 2. The van der Waals surface area contributed by atoms with Gasteiger partial charge in [0, 0.05) is 42.7 Å². The quantitative estimate of drug-likeness (QED) is 0.389. The molecule has 0 fully saturated rings. The molecule has 0 spiro atoms. The van der Waals surface area contributed by atoms with Crippen LogP contribution in [0.25, 0.3) is 11.3 Å². The van der Waals surface area contributed by atoms with E-state index < -0.39 is 0 Å². The van der Waals surface area contributed by atoms with E-state index in [1.807, 2.05) is 29.8 Å². The molecule has 4 heterocycles. The van der Waals surface area contributed by atoms with E-state index >= 15 is 0 Å². The van der Waals surface area contributed by atoms with Crippen molar-refractivity contribution in [3.8, 4) is 11.3 Å². The zero-order chi connectivity index (χ0) is 26.2. The third-order valence-corrected chi connectivity index (χ3v) is 7.78. The van der Waals surface area contributed by atoms with Crippen LogP contribution in [0.3, 0.4) is 0 Å². The minimum absolute atomic E-state index is 0.0683. The van der Waals surface area contributed by atoms with E-state index in [-0.39, 0.29) is 11.3 Å². The first-order valence-corrected chi connectivity index (χ1v) is 13.2. The lowest BCUT2D eigenvalue weighted by Crippen LogP contribution is -2.30. The van der Waals surface area contributed by atoms with Gasteiger partial charge in [-0.1, -0.05) is 32.9 Å². The normalized spacial score (nSPS) is 13.9. The summed E-state index contributed by atoms with van der Waals surface area (Å²) in [5.74, 6) is 1.38. The summed E-state index contributed by atoms with van der Waals surface area (Å²) in [7, 11) is 2.12. The Labute approximate surface area is 221 Å². The zero-order valence-corrected chi connectivity index (χ0v) is 22.7. The smallest absolute Gasteiger partial charge is 0.263 e. The molecule has 0 saturated heterocycles. The summed E-state index contributed by atoms with van der Waals surface area (Å²) >= 11 is 1.45. The first kappa shape index (κ1) is 25.0. The number of benzene rings is 1. The standard InChI is InChI=1S/C27H32N8OS/c1-17-10-18(6-7-19(17)13-28-25(36)22-14-29-26(37-22)27(2,3)4)21-12-23(31-16-30-21)32-24-11-20-15-34(5)8-9-35(20)33-24/h6-7,10-12,14,16H,8-9,13,15H2,1-5H3,(H,28,36)(H,30,31,32,33). The van der Waals surface area contributed by atoms with E-state index in [0.29, 0.717) is 17.2 Å². The molecule has 0 aliphatic carbocycles. The number of aromatic nitrogens is 5. The summed E-state index contributed by atoms with van der Waals surface area (Å²) in [6.45, 7) is 11.5. The van der Waals surface area contributed by atoms with Crippen LogP contribution in [0.1, 0.15) is 52.3 Å². The number of amides is 1. The fraction of sp³-hybridized carbons (Fsp3) is 0.370. The molecule has 0 saturated carbocycles. The van der Waals surface area contributed by atoms with Crippen LogP contribution in [0.15, 0.2) is 42.9 Å². The van der Waals surface area contributed by atoms with Crippen molar-refractivity contribution in [2.75, 3.05) is 18.9 Å². The Bertz CT molecular complexity index is 1430. The van der Waals surface area contributed by atoms with E-state index in [1.165, 1.54) is 17.0 Å². The number of thiazole rings is 1. The maximum Gasteiger partial charge on any atom is 0.263 e. The van der Waals surface area contributed by atoms with Gasteiger partial charge in [0.1, 0.15) is 17.0 Å². The minimum atomic E-state index is -0.101. The number of fused-ring (bicyclic) bond motifs is 1. The highest BCUT2D eigenvalue weighted by atomic mass is 32.1. The second kappa shape index (κ2) is 10.0. The van der Waals surface area contributed by atoms with Crippen LogP contribution < -0.4 is 10.6 Å². The first-order chi connectivity index (χ1) is 17.7. The van der Waals surface area contributed by atoms with Gasteiger partial charge in [-0.3, -0.25) is 14.4 Å². The molecule has 1 amide bonds. The van der Waals surface area contributed by atoms with Crippen molar-refractivity contribution in [2.24, 2.45) is 0 Å². The van der Waals surface area contributed by atoms with Gasteiger partial charge in [0.25, 0.3) is 5.91 Å². The average Bonchev–Trinajstić information content (AvgIpc) is 3.50. The SMILES string of the molecule is Cc1cc(-c2cc(Nc3cc4n(n3)CCN(C)C4)ncn2)ccc1CNC(=O)c1cnc(C(C)(C)C)s1. The van der Waals surface area contributed by atoms with Gasteiger partial charge >= 0.3 is 0 Å². The maximum absolute atomic E-state index is 12.7. The Morgan fingerprint density at radius 2 is 1.92 bits per heavy atom. The highest BCUT2D eigenvalue weighted by Crippen LogP contribution is 2.27. The average molecular weight is 517 g/mol. The maximum atomic E-state index is 12.7. The van der Waals surface area contributed by atoms with Gasteiger partial charge in [0.15, 0.2) is 5.82 Å². The molecule has 2 N–H and O–H groups in total. The number of hydrogen-bond acceptors (Lipinski definition) is 8. The van der Waals surface area contributed by atoms with Crippen LogP contribution in [0.4, 0.5) is 11.6 Å². The first-order valence-electron chi connectivity index (χ1n) is 12.3. The molecule has 0 atom stereocenters. The Balaban J connectivity index is 1.25. The molecular weight excluding hydrogens is 484 g/mol. The molecule has 10 heteroatoms. The van der Waals surface area contributed by atoms with Crippen molar-refractivity contribution in [3.05, 3.63) is 69.6 Å². The molecule has 9 nitrogen and oxygen atoms in total. The van der Waals surface area contributed by atoms with Crippen molar-refractivity contribution in [2.45, 2.75) is 52.7 Å². The number of rotatable bonds is 6. The molecule has 5 rings (SSSR count). The molecule has 1 aliphatic rings. The Morgan fingerprint density at radius 1 is 1.08 bits per heavy atom. The Kier molecular flexibility index (Phi) is 6.78. The number of carbonyl (C=O) groups is 1. The number of carbonyl (C=O) groups excluding carboxylic acids is 1. The molecule has 0 bridgehead atoms. The van der Waals surface area contributed by atoms with E-state index in [2.05, 4.69) is 75.5 Å². The molecule has 0 unspecified atom stereocenters. The van der Waals surface area contributed by atoms with Crippen LogP contribution in [-0.4, -0.2) is 49.1 Å². The second-order valence-electron chi connectivity index (χ2n) is 10.5. The van der Waals surface area contributed by atoms with Gasteiger partial charge in [-0.05, 0) is 31.2 Å². The van der Waals surface area contributed by atoms with E-state index in [9.17, 15) is 4.79 Å². The molecule has 3 aromatic heterocycles. The zero-order valence-electron chi connectivity index (χ0n) is 21.9.